The molecular weight excluding hydrogens is 612 g/mol. The van der Waals surface area contributed by atoms with E-state index in [2.05, 4.69) is 46.4 Å². The Labute approximate surface area is 296 Å². The van der Waals surface area contributed by atoms with E-state index in [0.717, 1.165) is 89.9 Å². The maximum atomic E-state index is 11.9. The minimum atomic E-state index is -0.333. The topological polar surface area (TPSA) is 112 Å². The van der Waals surface area contributed by atoms with Crippen LogP contribution in [0, 0.1) is 31.1 Å². The molecule has 49 heavy (non-hydrogen) atoms. The molecule has 1 saturated heterocycles. The van der Waals surface area contributed by atoms with E-state index in [1.54, 1.807) is 13.3 Å². The smallest absolute Gasteiger partial charge is 0.214 e. The first-order valence-corrected chi connectivity index (χ1v) is 18.4. The van der Waals surface area contributed by atoms with Crippen molar-refractivity contribution in [3.8, 4) is 29.9 Å². The number of aryl methyl sites for hydroxylation is 2. The first-order valence-electron chi connectivity index (χ1n) is 18.4. The van der Waals surface area contributed by atoms with Crippen LogP contribution in [0.1, 0.15) is 123 Å². The second-order valence-electron chi connectivity index (χ2n) is 13.3. The quantitative estimate of drug-likeness (QED) is 0.151. The number of carbonyl (C=O) groups is 2. The molecule has 8 nitrogen and oxygen atoms in total. The molecule has 3 aromatic rings. The molecule has 1 aromatic carbocycles. The number of pyridine rings is 1. The first-order chi connectivity index (χ1) is 23.7. The molecule has 270 valence electrons. The Kier molecular flexibility index (Phi) is 18.7. The largest absolute Gasteiger partial charge is 0.496 e. The van der Waals surface area contributed by atoms with Crippen LogP contribution in [0.4, 0.5) is 0 Å². The van der Waals surface area contributed by atoms with Gasteiger partial charge in [-0.3, -0.25) is 14.6 Å². The van der Waals surface area contributed by atoms with E-state index in [9.17, 15) is 9.59 Å². The van der Waals surface area contributed by atoms with Gasteiger partial charge in [0.1, 0.15) is 11.5 Å². The van der Waals surface area contributed by atoms with Gasteiger partial charge in [0.2, 0.25) is 5.91 Å². The number of fused-ring (bicyclic) bond motifs is 1. The number of hydrogen-bond donors (Lipinski definition) is 1. The fourth-order valence-corrected chi connectivity index (χ4v) is 6.26. The average molecular weight is 675 g/mol. The molecule has 0 radical (unpaired) electrons. The summed E-state index contributed by atoms with van der Waals surface area (Å²) in [7, 11) is 1.66. The van der Waals surface area contributed by atoms with E-state index in [-0.39, 0.29) is 5.91 Å². The molecule has 2 N–H and O–H groups in total. The number of unbranched alkanes of at least 4 members (excludes halogenated alkanes) is 3. The van der Waals surface area contributed by atoms with Crippen molar-refractivity contribution in [3.63, 3.8) is 0 Å². The minimum Gasteiger partial charge on any atom is -0.496 e. The molecule has 3 fully saturated rings. The zero-order valence-electron chi connectivity index (χ0n) is 31.2. The number of primary amides is 1. The van der Waals surface area contributed by atoms with Gasteiger partial charge < -0.3 is 19.8 Å². The van der Waals surface area contributed by atoms with Gasteiger partial charge in [0.15, 0.2) is 11.7 Å². The summed E-state index contributed by atoms with van der Waals surface area (Å²) >= 11 is 0. The normalized spacial score (nSPS) is 15.8. The number of aromatic nitrogens is 2. The summed E-state index contributed by atoms with van der Waals surface area (Å²) in [6, 6.07) is 8.07. The molecule has 2 saturated carbocycles. The molecule has 0 unspecified atom stereocenters. The third kappa shape index (κ3) is 14.4. The number of benzene rings is 1. The highest BCUT2D eigenvalue weighted by molar-refractivity contribution is 5.87. The van der Waals surface area contributed by atoms with Gasteiger partial charge in [-0.15, -0.1) is 12.8 Å². The Bertz CT molecular complexity index is 1420. The SMILES string of the molecule is C#C.CC.CC(N)=O.CCN1CCC2(CC1)CC2.COc1cc2nc(C)ccc2cc1-c1cnc(CCCCCCC(=O)CC2CCC2)o1. The fraction of sp³-hybridized carbons (Fsp3) is 0.610. The van der Waals surface area contributed by atoms with Gasteiger partial charge in [-0.25, -0.2) is 4.98 Å². The molecule has 3 aliphatic rings. The van der Waals surface area contributed by atoms with Crippen LogP contribution >= 0.6 is 0 Å². The highest BCUT2D eigenvalue weighted by Crippen LogP contribution is 2.53. The number of oxazole rings is 1. The van der Waals surface area contributed by atoms with E-state index in [4.69, 9.17) is 9.15 Å². The van der Waals surface area contributed by atoms with Crippen LogP contribution in [-0.4, -0.2) is 53.3 Å². The summed E-state index contributed by atoms with van der Waals surface area (Å²) in [5.74, 6) is 3.01. The van der Waals surface area contributed by atoms with Gasteiger partial charge in [-0.1, -0.05) is 58.9 Å². The summed E-state index contributed by atoms with van der Waals surface area (Å²) < 4.78 is 11.6. The Morgan fingerprint density at radius 2 is 1.69 bits per heavy atom. The zero-order chi connectivity index (χ0) is 36.2. The molecule has 3 heterocycles. The molecule has 0 bridgehead atoms. The summed E-state index contributed by atoms with van der Waals surface area (Å²) in [6.45, 7) is 13.6. The molecule has 2 aromatic heterocycles. The Balaban J connectivity index is 0.000000380. The Morgan fingerprint density at radius 3 is 2.27 bits per heavy atom. The van der Waals surface area contributed by atoms with Gasteiger partial charge in [-0.05, 0) is 88.5 Å². The molecule has 1 spiro atoms. The van der Waals surface area contributed by atoms with E-state index >= 15 is 0 Å². The van der Waals surface area contributed by atoms with Crippen LogP contribution in [0.25, 0.3) is 22.2 Å². The number of rotatable bonds is 12. The number of methoxy groups -OCH3 is 1. The number of ketones is 1. The molecule has 6 rings (SSSR count). The van der Waals surface area contributed by atoms with Crippen molar-refractivity contribution in [2.24, 2.45) is 17.1 Å². The fourth-order valence-electron chi connectivity index (χ4n) is 6.26. The molecule has 8 heteroatoms. The van der Waals surface area contributed by atoms with Crippen molar-refractivity contribution < 1.29 is 18.7 Å². The second-order valence-corrected chi connectivity index (χ2v) is 13.3. The number of likely N-dealkylation sites (tertiary alicyclic amines) is 1. The predicted molar refractivity (Wildman–Crippen MR) is 201 cm³/mol. The van der Waals surface area contributed by atoms with Crippen LogP contribution in [-0.2, 0) is 16.0 Å². The number of piperidine rings is 1. The van der Waals surface area contributed by atoms with Gasteiger partial charge in [0.05, 0.1) is 24.4 Å². The third-order valence-electron chi connectivity index (χ3n) is 9.63. The highest BCUT2D eigenvalue weighted by Gasteiger charge is 2.43. The van der Waals surface area contributed by atoms with E-state index in [1.165, 1.54) is 71.5 Å². The highest BCUT2D eigenvalue weighted by atomic mass is 16.5. The zero-order valence-corrected chi connectivity index (χ0v) is 31.2. The molecule has 2 aliphatic carbocycles. The van der Waals surface area contributed by atoms with Crippen LogP contribution in [0.2, 0.25) is 0 Å². The summed E-state index contributed by atoms with van der Waals surface area (Å²) in [5, 5.41) is 1.05. The van der Waals surface area contributed by atoms with E-state index < -0.39 is 0 Å². The number of hydrogen-bond acceptors (Lipinski definition) is 7. The first kappa shape index (κ1) is 41.5. The number of terminal acetylenes is 1. The van der Waals surface area contributed by atoms with E-state index in [1.807, 2.05) is 39.0 Å². The average Bonchev–Trinajstić information content (AvgIpc) is 3.68. The lowest BCUT2D eigenvalue weighted by Gasteiger charge is -2.30. The Morgan fingerprint density at radius 1 is 1.04 bits per heavy atom. The summed E-state index contributed by atoms with van der Waals surface area (Å²) in [5.41, 5.74) is 8.12. The van der Waals surface area contributed by atoms with Crippen molar-refractivity contribution in [1.82, 2.24) is 14.9 Å². The number of nitrogens with zero attached hydrogens (tertiary/aromatic N) is 3. The summed E-state index contributed by atoms with van der Waals surface area (Å²) in [6.07, 6.45) is 26.2. The lowest BCUT2D eigenvalue weighted by atomic mass is 9.81. The number of ether oxygens (including phenoxy) is 1. The van der Waals surface area contributed by atoms with Crippen LogP contribution in [0.5, 0.6) is 5.75 Å². The predicted octanol–water partition coefficient (Wildman–Crippen LogP) is 9.11. The number of nitrogens with two attached hydrogens (primary N) is 1. The minimum absolute atomic E-state index is 0.333. The monoisotopic (exact) mass is 674 g/mol. The van der Waals surface area contributed by atoms with Crippen molar-refractivity contribution >= 4 is 22.6 Å². The molecular formula is C41H62N4O4. The Hall–Kier alpha value is -3.70. The molecule has 0 atom stereocenters. The van der Waals surface area contributed by atoms with Crippen molar-refractivity contribution in [2.75, 3.05) is 26.7 Å². The second kappa shape index (κ2) is 22.1. The summed E-state index contributed by atoms with van der Waals surface area (Å²) in [4.78, 5) is 32.8. The number of amides is 1. The lowest BCUT2D eigenvalue weighted by molar-refractivity contribution is -0.120. The standard InChI is InChI=1S/C26H32N2O3.C9H17N.C2H5NO.C2H6.C2H2/c1-18-12-13-20-15-22(24(30-2)16-23(20)28-18)25-17-27-26(31-25)11-6-4-3-5-10-21(29)14-19-8-7-9-19;1-2-10-7-5-9(3-4-9)6-8-10;1-2(3)4;2*1-2/h12-13,15-17,19H,3-11,14H2,1-2H3;2-8H2,1H3;1H3,(H2,3,4);1-2H3;1-2H. The van der Waals surface area contributed by atoms with E-state index in [0.29, 0.717) is 11.7 Å². The number of Topliss-reactive ketones (excluding diaryl/α,β-unsaturated/α-hetero) is 1. The molecule has 1 aliphatic heterocycles. The van der Waals surface area contributed by atoms with Gasteiger partial charge >= 0.3 is 0 Å². The van der Waals surface area contributed by atoms with Crippen LogP contribution in [0.3, 0.4) is 0 Å². The van der Waals surface area contributed by atoms with Gasteiger partial charge in [0.25, 0.3) is 0 Å². The lowest BCUT2D eigenvalue weighted by Crippen LogP contribution is -2.34. The third-order valence-corrected chi connectivity index (χ3v) is 9.63. The molecule has 1 amide bonds. The maximum absolute atomic E-state index is 11.9. The van der Waals surface area contributed by atoms with Gasteiger partial charge in [0, 0.05) is 43.3 Å². The van der Waals surface area contributed by atoms with Crippen LogP contribution in [0.15, 0.2) is 34.9 Å². The van der Waals surface area contributed by atoms with Crippen molar-refractivity contribution in [3.05, 3.63) is 42.0 Å². The van der Waals surface area contributed by atoms with Crippen molar-refractivity contribution in [1.29, 1.82) is 0 Å². The van der Waals surface area contributed by atoms with Crippen molar-refractivity contribution in [2.45, 2.75) is 125 Å². The van der Waals surface area contributed by atoms with Gasteiger partial charge in [-0.2, -0.15) is 0 Å². The maximum Gasteiger partial charge on any atom is 0.214 e. The van der Waals surface area contributed by atoms with Crippen LogP contribution < -0.4 is 10.5 Å². The number of carbonyl (C=O) groups excluding carboxylic acids is 2.